The van der Waals surface area contributed by atoms with Crippen molar-refractivity contribution in [3.05, 3.63) is 48.3 Å². The second-order valence-corrected chi connectivity index (χ2v) is 3.51. The van der Waals surface area contributed by atoms with Gasteiger partial charge in [0, 0.05) is 0 Å². The second-order valence-electron chi connectivity index (χ2n) is 3.51. The van der Waals surface area contributed by atoms with Crippen molar-refractivity contribution in [3.63, 3.8) is 0 Å². The molecule has 0 fully saturated rings. The Hall–Kier alpha value is -2.30. The van der Waals surface area contributed by atoms with Crippen LogP contribution in [0.4, 0.5) is 0 Å². The number of rotatable bonds is 3. The van der Waals surface area contributed by atoms with Gasteiger partial charge >= 0.3 is 5.97 Å². The van der Waals surface area contributed by atoms with Crippen molar-refractivity contribution in [2.45, 2.75) is 6.04 Å². The minimum absolute atomic E-state index is 0.00911. The maximum atomic E-state index is 11.8. The van der Waals surface area contributed by atoms with E-state index in [1.54, 1.807) is 12.1 Å². The minimum atomic E-state index is -0.679. The molecule has 5 heteroatoms. The largest absolute Gasteiger partial charge is 0.505 e. The zero-order valence-electron chi connectivity index (χ0n) is 9.28. The van der Waals surface area contributed by atoms with Gasteiger partial charge in [0.05, 0.1) is 19.5 Å². The average Bonchev–Trinajstić information content (AvgIpc) is 2.77. The molecule has 88 valence electrons. The van der Waals surface area contributed by atoms with Crippen LogP contribution in [0.25, 0.3) is 0 Å². The number of benzene rings is 1. The van der Waals surface area contributed by atoms with Crippen molar-refractivity contribution in [1.29, 1.82) is 0 Å². The zero-order chi connectivity index (χ0) is 12.3. The standard InChI is InChI=1S/C12H12N2O3/c1-17-12(16)11(9-5-3-2-4-6-9)14-8-10(15)7-13-14/h2-8,11,15H,1H3. The first-order valence-electron chi connectivity index (χ1n) is 5.08. The Kier molecular flexibility index (Phi) is 3.09. The van der Waals surface area contributed by atoms with Gasteiger partial charge in [-0.1, -0.05) is 30.3 Å². The van der Waals surface area contributed by atoms with Crippen LogP contribution in [0, 0.1) is 0 Å². The number of aromatic nitrogens is 2. The molecule has 0 spiro atoms. The van der Waals surface area contributed by atoms with Gasteiger partial charge in [-0.3, -0.25) is 4.68 Å². The van der Waals surface area contributed by atoms with Gasteiger partial charge in [0.25, 0.3) is 0 Å². The van der Waals surface area contributed by atoms with Gasteiger partial charge in [-0.15, -0.1) is 0 Å². The number of methoxy groups -OCH3 is 1. The summed E-state index contributed by atoms with van der Waals surface area (Å²) in [5, 5.41) is 13.2. The van der Waals surface area contributed by atoms with E-state index in [2.05, 4.69) is 5.10 Å². The Morgan fingerprint density at radius 3 is 2.65 bits per heavy atom. The van der Waals surface area contributed by atoms with E-state index >= 15 is 0 Å². The van der Waals surface area contributed by atoms with E-state index in [0.29, 0.717) is 0 Å². The summed E-state index contributed by atoms with van der Waals surface area (Å²) < 4.78 is 6.12. The van der Waals surface area contributed by atoms with Crippen molar-refractivity contribution >= 4 is 5.97 Å². The third-order valence-corrected chi connectivity index (χ3v) is 2.39. The predicted molar refractivity (Wildman–Crippen MR) is 60.5 cm³/mol. The molecule has 1 unspecified atom stereocenters. The number of hydrogen-bond donors (Lipinski definition) is 1. The fourth-order valence-electron chi connectivity index (χ4n) is 1.61. The SMILES string of the molecule is COC(=O)C(c1ccccc1)n1cc(O)cn1. The van der Waals surface area contributed by atoms with Crippen LogP contribution < -0.4 is 0 Å². The average molecular weight is 232 g/mol. The summed E-state index contributed by atoms with van der Waals surface area (Å²) >= 11 is 0. The van der Waals surface area contributed by atoms with E-state index in [4.69, 9.17) is 4.74 Å². The maximum absolute atomic E-state index is 11.8. The normalized spacial score (nSPS) is 12.1. The highest BCUT2D eigenvalue weighted by Crippen LogP contribution is 2.20. The molecule has 0 aliphatic carbocycles. The van der Waals surface area contributed by atoms with Crippen LogP contribution in [0.3, 0.4) is 0 Å². The van der Waals surface area contributed by atoms with Gasteiger partial charge in [-0.05, 0) is 5.56 Å². The molecular formula is C12H12N2O3. The highest BCUT2D eigenvalue weighted by molar-refractivity contribution is 5.77. The van der Waals surface area contributed by atoms with Crippen molar-refractivity contribution in [1.82, 2.24) is 9.78 Å². The number of hydrogen-bond acceptors (Lipinski definition) is 4. The smallest absolute Gasteiger partial charge is 0.335 e. The predicted octanol–water partition coefficient (Wildman–Crippen LogP) is 1.35. The van der Waals surface area contributed by atoms with Gasteiger partial charge in [0.1, 0.15) is 0 Å². The molecule has 0 amide bonds. The lowest BCUT2D eigenvalue weighted by Gasteiger charge is -2.15. The van der Waals surface area contributed by atoms with E-state index in [1.807, 2.05) is 18.2 Å². The van der Waals surface area contributed by atoms with Crippen molar-refractivity contribution in [2.75, 3.05) is 7.11 Å². The molecule has 2 rings (SSSR count). The maximum Gasteiger partial charge on any atom is 0.335 e. The summed E-state index contributed by atoms with van der Waals surface area (Å²) in [7, 11) is 1.32. The first-order chi connectivity index (χ1) is 8.22. The van der Waals surface area contributed by atoms with E-state index in [9.17, 15) is 9.90 Å². The summed E-state index contributed by atoms with van der Waals surface area (Å²) in [5.41, 5.74) is 0.752. The van der Waals surface area contributed by atoms with E-state index < -0.39 is 12.0 Å². The van der Waals surface area contributed by atoms with Gasteiger partial charge in [-0.25, -0.2) is 4.79 Å². The molecule has 1 heterocycles. The molecule has 1 atom stereocenters. The molecule has 0 aliphatic rings. The fraction of sp³-hybridized carbons (Fsp3) is 0.167. The molecule has 1 aromatic heterocycles. The van der Waals surface area contributed by atoms with E-state index in [1.165, 1.54) is 24.2 Å². The van der Waals surface area contributed by atoms with Crippen LogP contribution in [0.15, 0.2) is 42.7 Å². The molecular weight excluding hydrogens is 220 g/mol. The number of carbonyl (C=O) groups excluding carboxylic acids is 1. The third kappa shape index (κ3) is 2.28. The van der Waals surface area contributed by atoms with Crippen molar-refractivity contribution < 1.29 is 14.6 Å². The van der Waals surface area contributed by atoms with Crippen LogP contribution in [-0.4, -0.2) is 28.0 Å². The molecule has 5 nitrogen and oxygen atoms in total. The lowest BCUT2D eigenvalue weighted by atomic mass is 10.1. The Labute approximate surface area is 98.3 Å². The molecule has 1 N–H and O–H groups in total. The molecule has 17 heavy (non-hydrogen) atoms. The Balaban J connectivity index is 2.42. The molecule has 0 saturated carbocycles. The van der Waals surface area contributed by atoms with Gasteiger partial charge < -0.3 is 9.84 Å². The summed E-state index contributed by atoms with van der Waals surface area (Å²) in [6, 6.07) is 8.45. The molecule has 0 aliphatic heterocycles. The highest BCUT2D eigenvalue weighted by Gasteiger charge is 2.24. The quantitative estimate of drug-likeness (QED) is 0.811. The molecule has 0 radical (unpaired) electrons. The first-order valence-corrected chi connectivity index (χ1v) is 5.08. The fourth-order valence-corrected chi connectivity index (χ4v) is 1.61. The zero-order valence-corrected chi connectivity index (χ0v) is 9.28. The number of aromatic hydroxyl groups is 1. The van der Waals surface area contributed by atoms with Gasteiger partial charge in [0.15, 0.2) is 11.8 Å². The van der Waals surface area contributed by atoms with E-state index in [0.717, 1.165) is 5.56 Å². The Morgan fingerprint density at radius 1 is 1.41 bits per heavy atom. The van der Waals surface area contributed by atoms with Crippen LogP contribution in [0.5, 0.6) is 5.75 Å². The van der Waals surface area contributed by atoms with Crippen molar-refractivity contribution in [3.8, 4) is 5.75 Å². The monoisotopic (exact) mass is 232 g/mol. The van der Waals surface area contributed by atoms with Crippen LogP contribution in [-0.2, 0) is 9.53 Å². The summed E-state index contributed by atoms with van der Waals surface area (Å²) in [4.78, 5) is 11.8. The van der Waals surface area contributed by atoms with Crippen molar-refractivity contribution in [2.24, 2.45) is 0 Å². The number of esters is 1. The van der Waals surface area contributed by atoms with E-state index in [-0.39, 0.29) is 5.75 Å². The van der Waals surface area contributed by atoms with Gasteiger partial charge in [0.2, 0.25) is 0 Å². The summed E-state index contributed by atoms with van der Waals surface area (Å²) in [5.74, 6) is -0.422. The lowest BCUT2D eigenvalue weighted by molar-refractivity contribution is -0.143. The number of ether oxygens (including phenoxy) is 1. The first kappa shape index (κ1) is 11.2. The lowest BCUT2D eigenvalue weighted by Crippen LogP contribution is -2.22. The number of carbonyl (C=O) groups is 1. The Bertz CT molecular complexity index is 507. The van der Waals surface area contributed by atoms with Crippen LogP contribution in [0.2, 0.25) is 0 Å². The topological polar surface area (TPSA) is 64.3 Å². The molecule has 0 bridgehead atoms. The summed E-state index contributed by atoms with van der Waals surface area (Å²) in [6.07, 6.45) is 2.66. The third-order valence-electron chi connectivity index (χ3n) is 2.39. The number of nitrogens with zero attached hydrogens (tertiary/aromatic N) is 2. The Morgan fingerprint density at radius 2 is 2.12 bits per heavy atom. The minimum Gasteiger partial charge on any atom is -0.505 e. The van der Waals surface area contributed by atoms with Crippen LogP contribution in [0.1, 0.15) is 11.6 Å². The molecule has 2 aromatic rings. The molecule has 1 aromatic carbocycles. The second kappa shape index (κ2) is 4.69. The highest BCUT2D eigenvalue weighted by atomic mass is 16.5. The van der Waals surface area contributed by atoms with Gasteiger partial charge in [-0.2, -0.15) is 5.10 Å². The summed E-state index contributed by atoms with van der Waals surface area (Å²) in [6.45, 7) is 0. The van der Waals surface area contributed by atoms with Crippen LogP contribution >= 0.6 is 0 Å². The molecule has 0 saturated heterocycles.